The van der Waals surface area contributed by atoms with Gasteiger partial charge in [-0.15, -0.1) is 0 Å². The predicted octanol–water partition coefficient (Wildman–Crippen LogP) is 3.10. The number of amides is 1. The van der Waals surface area contributed by atoms with Crippen molar-refractivity contribution in [3.8, 4) is 0 Å². The van der Waals surface area contributed by atoms with Gasteiger partial charge in [-0.05, 0) is 29.7 Å². The summed E-state index contributed by atoms with van der Waals surface area (Å²) in [5, 5.41) is 13.0. The molecule has 0 unspecified atom stereocenters. The summed E-state index contributed by atoms with van der Waals surface area (Å²) in [6.45, 7) is 1.23. The van der Waals surface area contributed by atoms with Gasteiger partial charge in [0.2, 0.25) is 0 Å². The molecule has 1 saturated heterocycles. The van der Waals surface area contributed by atoms with Crippen molar-refractivity contribution in [2.24, 2.45) is 0 Å². The number of hydrogen-bond donors (Lipinski definition) is 2. The molecule has 0 radical (unpaired) electrons. The van der Waals surface area contributed by atoms with Gasteiger partial charge in [0.25, 0.3) is 0 Å². The highest BCUT2D eigenvalue weighted by Gasteiger charge is 2.48. The number of hydrogen-bond acceptors (Lipinski definition) is 2. The number of nitrogens with zero attached hydrogens (tertiary/aromatic N) is 1. The number of rotatable bonds is 4. The molecule has 0 aliphatic carbocycles. The molecule has 0 aromatic heterocycles. The zero-order valence-electron chi connectivity index (χ0n) is 13.6. The summed E-state index contributed by atoms with van der Waals surface area (Å²) in [5.74, 6) is -0.329. The second-order valence-electron chi connectivity index (χ2n) is 6.34. The quantitative estimate of drug-likeness (QED) is 0.907. The molecular weight excluding hydrogens is 307 g/mol. The topological polar surface area (TPSA) is 52.6 Å². The lowest BCUT2D eigenvalue weighted by Gasteiger charge is -2.41. The van der Waals surface area contributed by atoms with E-state index in [0.717, 1.165) is 11.1 Å². The first-order valence-electron chi connectivity index (χ1n) is 8.00. The van der Waals surface area contributed by atoms with Crippen LogP contribution in [0.2, 0.25) is 0 Å². The van der Waals surface area contributed by atoms with Crippen LogP contribution in [0.3, 0.4) is 0 Å². The molecule has 2 aromatic rings. The Morgan fingerprint density at radius 3 is 2.54 bits per heavy atom. The number of nitrogens with one attached hydrogen (secondary N) is 1. The third-order valence-corrected chi connectivity index (χ3v) is 5.01. The molecule has 5 heteroatoms. The van der Waals surface area contributed by atoms with E-state index in [0.29, 0.717) is 19.5 Å². The summed E-state index contributed by atoms with van der Waals surface area (Å²) >= 11 is 0. The van der Waals surface area contributed by atoms with E-state index in [1.807, 2.05) is 30.3 Å². The Morgan fingerprint density at radius 2 is 1.92 bits per heavy atom. The normalized spacial score (nSPS) is 23.2. The summed E-state index contributed by atoms with van der Waals surface area (Å²) < 4.78 is 13.3. The third kappa shape index (κ3) is 2.99. The van der Waals surface area contributed by atoms with Gasteiger partial charge in [-0.25, -0.2) is 9.18 Å². The minimum Gasteiger partial charge on any atom is -0.465 e. The molecule has 1 fully saturated rings. The second kappa shape index (κ2) is 6.61. The molecule has 1 heterocycles. The molecule has 0 bridgehead atoms. The first-order chi connectivity index (χ1) is 11.5. The Balaban J connectivity index is 2.02. The van der Waals surface area contributed by atoms with Gasteiger partial charge < -0.3 is 15.3 Å². The van der Waals surface area contributed by atoms with Gasteiger partial charge in [0.1, 0.15) is 5.82 Å². The Bertz CT molecular complexity index is 705. The highest BCUT2D eigenvalue weighted by molar-refractivity contribution is 5.66. The van der Waals surface area contributed by atoms with Gasteiger partial charge in [-0.1, -0.05) is 42.5 Å². The highest BCUT2D eigenvalue weighted by Crippen LogP contribution is 2.39. The van der Waals surface area contributed by atoms with Gasteiger partial charge in [-0.2, -0.15) is 0 Å². The molecule has 4 nitrogen and oxygen atoms in total. The first kappa shape index (κ1) is 16.5. The van der Waals surface area contributed by atoms with Gasteiger partial charge in [0.05, 0.1) is 5.54 Å². The van der Waals surface area contributed by atoms with Crippen LogP contribution in [0.1, 0.15) is 17.0 Å². The maximum Gasteiger partial charge on any atom is 0.407 e. The molecule has 1 aliphatic heterocycles. The summed E-state index contributed by atoms with van der Waals surface area (Å²) in [7, 11) is 1.62. The minimum absolute atomic E-state index is 0.0422. The molecular formula is C19H21FN2O2. The van der Waals surface area contributed by atoms with Crippen LogP contribution >= 0.6 is 0 Å². The van der Waals surface area contributed by atoms with E-state index in [9.17, 15) is 14.3 Å². The van der Waals surface area contributed by atoms with Crippen molar-refractivity contribution in [3.05, 3.63) is 71.5 Å². The Kier molecular flexibility index (Phi) is 4.53. The monoisotopic (exact) mass is 328 g/mol. The first-order valence-corrected chi connectivity index (χ1v) is 8.00. The minimum atomic E-state index is -0.957. The molecule has 2 aromatic carbocycles. The van der Waals surface area contributed by atoms with Crippen molar-refractivity contribution in [1.29, 1.82) is 0 Å². The standard InChI is InChI=1S/C19H21FN2O2/c1-22(18(23)24)19(11-14-5-3-2-4-6-14)13-21-12-17(19)15-7-9-16(20)10-8-15/h2-10,17,21H,11-13H2,1H3,(H,23,24)/t17-,19+/m1/s1. The van der Waals surface area contributed by atoms with Crippen LogP contribution in [0.25, 0.3) is 0 Å². The average Bonchev–Trinajstić information content (AvgIpc) is 3.00. The molecule has 1 aliphatic rings. The number of benzene rings is 2. The van der Waals surface area contributed by atoms with Gasteiger partial charge in [0.15, 0.2) is 0 Å². The van der Waals surface area contributed by atoms with E-state index >= 15 is 0 Å². The molecule has 1 amide bonds. The van der Waals surface area contributed by atoms with E-state index < -0.39 is 11.6 Å². The van der Waals surface area contributed by atoms with Crippen molar-refractivity contribution in [2.45, 2.75) is 17.9 Å². The van der Waals surface area contributed by atoms with Gasteiger partial charge in [0, 0.05) is 26.1 Å². The largest absolute Gasteiger partial charge is 0.465 e. The van der Waals surface area contributed by atoms with Crippen LogP contribution in [-0.2, 0) is 6.42 Å². The zero-order chi connectivity index (χ0) is 17.2. The lowest BCUT2D eigenvalue weighted by atomic mass is 9.76. The highest BCUT2D eigenvalue weighted by atomic mass is 19.1. The van der Waals surface area contributed by atoms with Gasteiger partial charge in [-0.3, -0.25) is 0 Å². The lowest BCUT2D eigenvalue weighted by Crippen LogP contribution is -2.55. The van der Waals surface area contributed by atoms with Crippen LogP contribution in [0.15, 0.2) is 54.6 Å². The fourth-order valence-corrected chi connectivity index (χ4v) is 3.67. The fourth-order valence-electron chi connectivity index (χ4n) is 3.67. The predicted molar refractivity (Wildman–Crippen MR) is 90.7 cm³/mol. The number of likely N-dealkylation sites (N-methyl/N-ethyl adjacent to an activating group) is 1. The maximum absolute atomic E-state index is 13.3. The van der Waals surface area contributed by atoms with E-state index in [2.05, 4.69) is 5.32 Å². The SMILES string of the molecule is CN(C(=O)O)[C@@]1(Cc2ccccc2)CNC[C@@H]1c1ccc(F)cc1. The number of carbonyl (C=O) groups is 1. The summed E-state index contributed by atoms with van der Waals surface area (Å²) in [6, 6.07) is 16.3. The van der Waals surface area contributed by atoms with Crippen molar-refractivity contribution in [1.82, 2.24) is 10.2 Å². The van der Waals surface area contributed by atoms with Crippen LogP contribution < -0.4 is 5.32 Å². The molecule has 126 valence electrons. The summed E-state index contributed by atoms with van der Waals surface area (Å²) in [4.78, 5) is 13.2. The zero-order valence-corrected chi connectivity index (χ0v) is 13.6. The van der Waals surface area contributed by atoms with Crippen LogP contribution in [-0.4, -0.2) is 41.8 Å². The van der Waals surface area contributed by atoms with Crippen LogP contribution in [0.4, 0.5) is 9.18 Å². The summed E-state index contributed by atoms with van der Waals surface area (Å²) in [6.07, 6.45) is -0.354. The Labute approximate surface area is 140 Å². The van der Waals surface area contributed by atoms with Crippen molar-refractivity contribution in [2.75, 3.05) is 20.1 Å². The smallest absolute Gasteiger partial charge is 0.407 e. The van der Waals surface area contributed by atoms with E-state index in [-0.39, 0.29) is 11.7 Å². The Hall–Kier alpha value is -2.40. The number of halogens is 1. The van der Waals surface area contributed by atoms with Gasteiger partial charge >= 0.3 is 6.09 Å². The molecule has 3 rings (SSSR count). The van der Waals surface area contributed by atoms with E-state index in [1.54, 1.807) is 19.2 Å². The summed E-state index contributed by atoms with van der Waals surface area (Å²) in [5.41, 5.74) is 1.43. The molecule has 2 atom stereocenters. The van der Waals surface area contributed by atoms with E-state index in [1.165, 1.54) is 17.0 Å². The molecule has 24 heavy (non-hydrogen) atoms. The van der Waals surface area contributed by atoms with Crippen LogP contribution in [0.5, 0.6) is 0 Å². The Morgan fingerprint density at radius 1 is 1.25 bits per heavy atom. The van der Waals surface area contributed by atoms with Crippen molar-refractivity contribution in [3.63, 3.8) is 0 Å². The third-order valence-electron chi connectivity index (χ3n) is 5.01. The number of carboxylic acid groups (broad SMARTS) is 1. The van der Waals surface area contributed by atoms with Crippen molar-refractivity contribution < 1.29 is 14.3 Å². The molecule has 0 spiro atoms. The molecule has 0 saturated carbocycles. The average molecular weight is 328 g/mol. The van der Waals surface area contributed by atoms with Crippen molar-refractivity contribution >= 4 is 6.09 Å². The second-order valence-corrected chi connectivity index (χ2v) is 6.34. The maximum atomic E-state index is 13.3. The lowest BCUT2D eigenvalue weighted by molar-refractivity contribution is 0.0930. The molecule has 2 N–H and O–H groups in total. The fraction of sp³-hybridized carbons (Fsp3) is 0.316. The van der Waals surface area contributed by atoms with Crippen LogP contribution in [0, 0.1) is 5.82 Å². The van der Waals surface area contributed by atoms with E-state index in [4.69, 9.17) is 0 Å².